The van der Waals surface area contributed by atoms with Gasteiger partial charge in [-0.25, -0.2) is 22.9 Å². The molecule has 1 aromatic carbocycles. The highest BCUT2D eigenvalue weighted by Gasteiger charge is 2.35. The molecule has 2 aromatic rings. The van der Waals surface area contributed by atoms with Gasteiger partial charge in [0, 0.05) is 35.1 Å². The third-order valence-corrected chi connectivity index (χ3v) is 6.81. The third kappa shape index (κ3) is 3.80. The number of hydrogen-bond acceptors (Lipinski definition) is 6. The highest BCUT2D eigenvalue weighted by molar-refractivity contribution is 7.89. The number of nitrogens with one attached hydrogen (secondary N) is 2. The lowest BCUT2D eigenvalue weighted by atomic mass is 10.0. The number of carbonyl (C=O) groups is 1. The molecule has 2 saturated heterocycles. The summed E-state index contributed by atoms with van der Waals surface area (Å²) in [6.07, 6.45) is 5.24. The molecule has 27 heavy (non-hydrogen) atoms. The van der Waals surface area contributed by atoms with E-state index in [0.717, 1.165) is 25.7 Å². The molecule has 2 unspecified atom stereocenters. The number of ether oxygens (including phenoxy) is 1. The van der Waals surface area contributed by atoms with E-state index in [1.165, 1.54) is 13.3 Å². The molecular formula is C18H22ClN3O4S. The topological polar surface area (TPSA) is 97.4 Å². The van der Waals surface area contributed by atoms with Gasteiger partial charge in [-0.1, -0.05) is 12.1 Å². The van der Waals surface area contributed by atoms with Crippen molar-refractivity contribution >= 4 is 39.2 Å². The van der Waals surface area contributed by atoms with Crippen molar-refractivity contribution in [2.45, 2.75) is 48.7 Å². The summed E-state index contributed by atoms with van der Waals surface area (Å²) in [5.74, 6) is -0.590. The summed E-state index contributed by atoms with van der Waals surface area (Å²) >= 11 is 0. The number of methoxy groups -OCH3 is 1. The number of nitrogens with zero attached hydrogens (tertiary/aromatic N) is 1. The number of rotatable bonds is 4. The van der Waals surface area contributed by atoms with Crippen molar-refractivity contribution in [3.8, 4) is 0 Å². The number of halogens is 1. The Morgan fingerprint density at radius 2 is 1.89 bits per heavy atom. The Hall–Kier alpha value is -1.74. The molecule has 0 amide bonds. The molecule has 2 bridgehead atoms. The molecule has 3 heterocycles. The summed E-state index contributed by atoms with van der Waals surface area (Å²) in [5, 5.41) is 4.44. The Morgan fingerprint density at radius 3 is 2.56 bits per heavy atom. The van der Waals surface area contributed by atoms with E-state index in [2.05, 4.69) is 15.0 Å². The van der Waals surface area contributed by atoms with E-state index in [-0.39, 0.29) is 29.0 Å². The van der Waals surface area contributed by atoms with E-state index < -0.39 is 16.0 Å². The quantitative estimate of drug-likeness (QED) is 0.747. The number of carbonyl (C=O) groups excluding carboxylic acids is 1. The largest absolute Gasteiger partial charge is 0.464 e. The van der Waals surface area contributed by atoms with Gasteiger partial charge in [0.05, 0.1) is 12.0 Å². The number of esters is 1. The second-order valence-electron chi connectivity index (χ2n) is 6.93. The molecule has 4 rings (SSSR count). The molecule has 1 aromatic heterocycles. The average Bonchev–Trinajstić information content (AvgIpc) is 2.98. The zero-order chi connectivity index (χ0) is 18.3. The lowest BCUT2D eigenvalue weighted by molar-refractivity contribution is 0.0596. The first-order valence-electron chi connectivity index (χ1n) is 8.72. The molecule has 0 saturated carbocycles. The normalized spacial score (nSPS) is 24.4. The second-order valence-corrected chi connectivity index (χ2v) is 8.61. The molecule has 2 fully saturated rings. The van der Waals surface area contributed by atoms with Crippen LogP contribution in [0.1, 0.15) is 36.2 Å². The minimum absolute atomic E-state index is 0. The minimum Gasteiger partial charge on any atom is -0.464 e. The molecule has 7 nitrogen and oxygen atoms in total. The standard InChI is InChI=1S/C18H21N3O4S.ClH/c1-25-18(22)17-15-3-2-4-16(14(15)7-8-19-17)26(23,24)21-13-9-11-5-6-12(10-13)20-11;/h2-4,7-8,11-13,20-21H,5-6,9-10H2,1H3;1H. The van der Waals surface area contributed by atoms with Crippen LogP contribution in [0.3, 0.4) is 0 Å². The summed E-state index contributed by atoms with van der Waals surface area (Å²) in [4.78, 5) is 16.1. The van der Waals surface area contributed by atoms with Gasteiger partial charge in [-0.15, -0.1) is 12.4 Å². The monoisotopic (exact) mass is 411 g/mol. The summed E-state index contributed by atoms with van der Waals surface area (Å²) in [5.41, 5.74) is 0.113. The van der Waals surface area contributed by atoms with Gasteiger partial charge >= 0.3 is 5.97 Å². The van der Waals surface area contributed by atoms with Gasteiger partial charge in [0.1, 0.15) is 0 Å². The second kappa shape index (κ2) is 7.71. The van der Waals surface area contributed by atoms with Crippen LogP contribution in [0.5, 0.6) is 0 Å². The van der Waals surface area contributed by atoms with Crippen LogP contribution < -0.4 is 10.0 Å². The van der Waals surface area contributed by atoms with Crippen molar-refractivity contribution in [3.63, 3.8) is 0 Å². The van der Waals surface area contributed by atoms with Crippen LogP contribution in [0.25, 0.3) is 10.8 Å². The van der Waals surface area contributed by atoms with Crippen LogP contribution in [-0.4, -0.2) is 44.6 Å². The predicted octanol–water partition coefficient (Wildman–Crippen LogP) is 2.00. The van der Waals surface area contributed by atoms with Crippen LogP contribution >= 0.6 is 12.4 Å². The first-order valence-corrected chi connectivity index (χ1v) is 10.2. The van der Waals surface area contributed by atoms with Gasteiger partial charge in [0.25, 0.3) is 0 Å². The minimum atomic E-state index is -3.71. The Bertz CT molecular complexity index is 954. The van der Waals surface area contributed by atoms with E-state index in [9.17, 15) is 13.2 Å². The summed E-state index contributed by atoms with van der Waals surface area (Å²) in [6, 6.07) is 7.18. The Balaban J connectivity index is 0.00000210. The maximum absolute atomic E-state index is 13.0. The van der Waals surface area contributed by atoms with Crippen LogP contribution in [0.2, 0.25) is 0 Å². The highest BCUT2D eigenvalue weighted by Crippen LogP contribution is 2.29. The van der Waals surface area contributed by atoms with Gasteiger partial charge in [0.15, 0.2) is 5.69 Å². The maximum atomic E-state index is 13.0. The van der Waals surface area contributed by atoms with Crippen LogP contribution in [0.4, 0.5) is 0 Å². The fourth-order valence-corrected chi connectivity index (χ4v) is 5.59. The van der Waals surface area contributed by atoms with Gasteiger partial charge < -0.3 is 10.1 Å². The Labute approximate surface area is 164 Å². The molecule has 0 spiro atoms. The van der Waals surface area contributed by atoms with E-state index in [1.807, 2.05) is 0 Å². The predicted molar refractivity (Wildman–Crippen MR) is 104 cm³/mol. The Morgan fingerprint density at radius 1 is 1.19 bits per heavy atom. The van der Waals surface area contributed by atoms with Crippen molar-refractivity contribution in [1.29, 1.82) is 0 Å². The lowest BCUT2D eigenvalue weighted by Gasteiger charge is -2.29. The van der Waals surface area contributed by atoms with Crippen molar-refractivity contribution in [2.75, 3.05) is 7.11 Å². The SMILES string of the molecule is COC(=O)c1nccc2c(S(=O)(=O)NC3CC4CCC(C3)N4)cccc12.Cl. The summed E-state index contributed by atoms with van der Waals surface area (Å²) in [7, 11) is -2.44. The molecule has 2 N–H and O–H groups in total. The van der Waals surface area contributed by atoms with Gasteiger partial charge in [0.2, 0.25) is 10.0 Å². The fraction of sp³-hybridized carbons (Fsp3) is 0.444. The number of aromatic nitrogens is 1. The number of pyridine rings is 1. The molecule has 146 valence electrons. The molecule has 2 atom stereocenters. The lowest BCUT2D eigenvalue weighted by Crippen LogP contribution is -2.47. The first-order chi connectivity index (χ1) is 12.5. The zero-order valence-electron chi connectivity index (χ0n) is 14.8. The van der Waals surface area contributed by atoms with Crippen LogP contribution in [0.15, 0.2) is 35.4 Å². The van der Waals surface area contributed by atoms with Gasteiger partial charge in [-0.05, 0) is 37.8 Å². The van der Waals surface area contributed by atoms with E-state index in [1.54, 1.807) is 24.3 Å². The highest BCUT2D eigenvalue weighted by atomic mass is 35.5. The van der Waals surface area contributed by atoms with Crippen LogP contribution in [0, 0.1) is 0 Å². The number of piperidine rings is 1. The summed E-state index contributed by atoms with van der Waals surface area (Å²) in [6.45, 7) is 0. The first kappa shape index (κ1) is 20.0. The van der Waals surface area contributed by atoms with E-state index in [0.29, 0.717) is 22.9 Å². The number of benzene rings is 1. The Kier molecular flexibility index (Phi) is 5.71. The fourth-order valence-electron chi connectivity index (χ4n) is 4.11. The van der Waals surface area contributed by atoms with E-state index >= 15 is 0 Å². The molecule has 0 radical (unpaired) electrons. The molecule has 0 aliphatic carbocycles. The maximum Gasteiger partial charge on any atom is 0.357 e. The average molecular weight is 412 g/mol. The van der Waals surface area contributed by atoms with Crippen LogP contribution in [-0.2, 0) is 14.8 Å². The smallest absolute Gasteiger partial charge is 0.357 e. The molecule has 9 heteroatoms. The third-order valence-electron chi connectivity index (χ3n) is 5.23. The summed E-state index contributed by atoms with van der Waals surface area (Å²) < 4.78 is 33.7. The molecular weight excluding hydrogens is 390 g/mol. The molecule has 2 aliphatic heterocycles. The van der Waals surface area contributed by atoms with Gasteiger partial charge in [-0.3, -0.25) is 0 Å². The van der Waals surface area contributed by atoms with Crippen molar-refractivity contribution in [2.24, 2.45) is 0 Å². The van der Waals surface area contributed by atoms with Gasteiger partial charge in [-0.2, -0.15) is 0 Å². The molecule has 2 aliphatic rings. The zero-order valence-corrected chi connectivity index (χ0v) is 16.5. The van der Waals surface area contributed by atoms with Crippen molar-refractivity contribution in [3.05, 3.63) is 36.2 Å². The number of hydrogen-bond donors (Lipinski definition) is 2. The van der Waals surface area contributed by atoms with Crippen molar-refractivity contribution < 1.29 is 17.9 Å². The number of fused-ring (bicyclic) bond motifs is 3. The number of sulfonamides is 1. The van der Waals surface area contributed by atoms with Crippen molar-refractivity contribution in [1.82, 2.24) is 15.0 Å². The van der Waals surface area contributed by atoms with E-state index in [4.69, 9.17) is 4.74 Å².